The topological polar surface area (TPSA) is 43.6 Å². The van der Waals surface area contributed by atoms with E-state index in [1.54, 1.807) is 17.1 Å². The van der Waals surface area contributed by atoms with Crippen LogP contribution in [0.3, 0.4) is 0 Å². The summed E-state index contributed by atoms with van der Waals surface area (Å²) in [6, 6.07) is 11.7. The van der Waals surface area contributed by atoms with E-state index >= 15 is 0 Å². The molecule has 0 saturated heterocycles. The molecule has 0 atom stereocenters. The molecule has 0 bridgehead atoms. The van der Waals surface area contributed by atoms with Crippen molar-refractivity contribution in [3.8, 4) is 0 Å². The molecule has 17 heavy (non-hydrogen) atoms. The maximum Gasteiger partial charge on any atom is 0.113 e. The molecule has 0 saturated carbocycles. The van der Waals surface area contributed by atoms with E-state index in [1.807, 2.05) is 48.7 Å². The highest BCUT2D eigenvalue weighted by Gasteiger charge is 1.99. The van der Waals surface area contributed by atoms with Gasteiger partial charge in [-0.3, -0.25) is 4.98 Å². The Kier molecular flexibility index (Phi) is 2.38. The minimum atomic E-state index is 0.895. The molecule has 0 spiro atoms. The molecule has 2 aromatic heterocycles. The van der Waals surface area contributed by atoms with Gasteiger partial charge in [0.05, 0.1) is 5.52 Å². The number of fused-ring (bicyclic) bond motifs is 1. The lowest BCUT2D eigenvalue weighted by molar-refractivity contribution is 0.863. The molecule has 1 aromatic carbocycles. The molecule has 3 aromatic rings. The van der Waals surface area contributed by atoms with Gasteiger partial charge in [-0.1, -0.05) is 17.3 Å². The first-order valence-electron chi connectivity index (χ1n) is 5.32. The van der Waals surface area contributed by atoms with Gasteiger partial charge in [-0.05, 0) is 35.9 Å². The summed E-state index contributed by atoms with van der Waals surface area (Å²) < 4.78 is 1.76. The van der Waals surface area contributed by atoms with Crippen LogP contribution in [0.1, 0.15) is 5.56 Å². The summed E-state index contributed by atoms with van der Waals surface area (Å²) in [5, 5.41) is 8.15. The van der Waals surface area contributed by atoms with E-state index in [1.165, 1.54) is 0 Å². The van der Waals surface area contributed by atoms with E-state index in [2.05, 4.69) is 15.3 Å². The van der Waals surface area contributed by atoms with Gasteiger partial charge in [0.1, 0.15) is 5.52 Å². The van der Waals surface area contributed by atoms with Gasteiger partial charge in [-0.2, -0.15) is 0 Å². The molecule has 0 aliphatic carbocycles. The summed E-state index contributed by atoms with van der Waals surface area (Å²) in [4.78, 5) is 3.97. The number of benzene rings is 1. The first-order chi connectivity index (χ1) is 8.43. The van der Waals surface area contributed by atoms with Crippen molar-refractivity contribution in [3.05, 3.63) is 54.4 Å². The summed E-state index contributed by atoms with van der Waals surface area (Å²) in [7, 11) is 0. The summed E-state index contributed by atoms with van der Waals surface area (Å²) in [5.41, 5.74) is 2.98. The maximum absolute atomic E-state index is 4.08. The maximum atomic E-state index is 4.08. The van der Waals surface area contributed by atoms with Crippen LogP contribution < -0.4 is 0 Å². The van der Waals surface area contributed by atoms with Crippen molar-refractivity contribution in [2.75, 3.05) is 0 Å². The molecule has 0 N–H and O–H groups in total. The first kappa shape index (κ1) is 9.72. The number of pyridine rings is 1. The third-order valence-electron chi connectivity index (χ3n) is 2.49. The molecule has 82 valence electrons. The second-order valence-corrected chi connectivity index (χ2v) is 3.62. The van der Waals surface area contributed by atoms with Gasteiger partial charge >= 0.3 is 0 Å². The molecule has 0 aliphatic rings. The fourth-order valence-corrected chi connectivity index (χ4v) is 1.63. The number of rotatable bonds is 2. The number of para-hydroxylation sites is 1. The quantitative estimate of drug-likeness (QED) is 0.669. The molecule has 3 rings (SSSR count). The third-order valence-corrected chi connectivity index (χ3v) is 2.49. The number of aromatic nitrogens is 4. The van der Waals surface area contributed by atoms with Gasteiger partial charge in [-0.25, -0.2) is 4.68 Å². The van der Waals surface area contributed by atoms with Gasteiger partial charge in [0.25, 0.3) is 0 Å². The SMILES string of the molecule is C(=C\n1nnc2ccccc21)/c1ccncc1. The molecule has 4 nitrogen and oxygen atoms in total. The van der Waals surface area contributed by atoms with E-state index in [0.717, 1.165) is 16.6 Å². The average molecular weight is 222 g/mol. The zero-order valence-electron chi connectivity index (χ0n) is 9.06. The monoisotopic (exact) mass is 222 g/mol. The zero-order valence-corrected chi connectivity index (χ0v) is 9.06. The largest absolute Gasteiger partial charge is 0.265 e. The van der Waals surface area contributed by atoms with Crippen molar-refractivity contribution in [1.29, 1.82) is 0 Å². The number of nitrogens with zero attached hydrogens (tertiary/aromatic N) is 4. The Morgan fingerprint density at radius 3 is 2.71 bits per heavy atom. The summed E-state index contributed by atoms with van der Waals surface area (Å²) >= 11 is 0. The van der Waals surface area contributed by atoms with Crippen LogP contribution in [0, 0.1) is 0 Å². The summed E-state index contributed by atoms with van der Waals surface area (Å²) in [6.07, 6.45) is 7.39. The molecule has 0 aliphatic heterocycles. The van der Waals surface area contributed by atoms with Crippen LogP contribution in [-0.4, -0.2) is 20.0 Å². The van der Waals surface area contributed by atoms with Crippen molar-refractivity contribution >= 4 is 23.3 Å². The first-order valence-corrected chi connectivity index (χ1v) is 5.32. The Hall–Kier alpha value is -2.49. The Bertz CT molecular complexity index is 655. The Morgan fingerprint density at radius 1 is 1.00 bits per heavy atom. The molecular weight excluding hydrogens is 212 g/mol. The highest BCUT2D eigenvalue weighted by molar-refractivity contribution is 5.77. The van der Waals surface area contributed by atoms with Crippen LogP contribution in [-0.2, 0) is 0 Å². The van der Waals surface area contributed by atoms with Crippen molar-refractivity contribution in [1.82, 2.24) is 20.0 Å². The van der Waals surface area contributed by atoms with Gasteiger partial charge in [0.2, 0.25) is 0 Å². The second kappa shape index (κ2) is 4.17. The summed E-state index contributed by atoms with van der Waals surface area (Å²) in [6.45, 7) is 0. The average Bonchev–Trinajstić information content (AvgIpc) is 2.81. The smallest absolute Gasteiger partial charge is 0.113 e. The van der Waals surface area contributed by atoms with E-state index in [9.17, 15) is 0 Å². The van der Waals surface area contributed by atoms with Crippen LogP contribution in [0.2, 0.25) is 0 Å². The van der Waals surface area contributed by atoms with Crippen LogP contribution >= 0.6 is 0 Å². The van der Waals surface area contributed by atoms with Gasteiger partial charge < -0.3 is 0 Å². The Morgan fingerprint density at radius 2 is 1.82 bits per heavy atom. The van der Waals surface area contributed by atoms with Crippen LogP contribution in [0.15, 0.2) is 48.8 Å². The second-order valence-electron chi connectivity index (χ2n) is 3.62. The minimum absolute atomic E-state index is 0.895. The highest BCUT2D eigenvalue weighted by atomic mass is 15.4. The van der Waals surface area contributed by atoms with Gasteiger partial charge in [0, 0.05) is 18.6 Å². The van der Waals surface area contributed by atoms with Crippen LogP contribution in [0.25, 0.3) is 23.3 Å². The number of hydrogen-bond donors (Lipinski definition) is 0. The lowest BCUT2D eigenvalue weighted by Gasteiger charge is -1.93. The molecule has 4 heteroatoms. The Labute approximate surface area is 98.2 Å². The lowest BCUT2D eigenvalue weighted by Crippen LogP contribution is -1.88. The van der Waals surface area contributed by atoms with Crippen molar-refractivity contribution in [3.63, 3.8) is 0 Å². The van der Waals surface area contributed by atoms with Gasteiger partial charge in [-0.15, -0.1) is 5.10 Å². The minimum Gasteiger partial charge on any atom is -0.265 e. The molecule has 0 unspecified atom stereocenters. The molecule has 0 radical (unpaired) electrons. The predicted molar refractivity (Wildman–Crippen MR) is 67.0 cm³/mol. The zero-order chi connectivity index (χ0) is 11.5. The van der Waals surface area contributed by atoms with Crippen molar-refractivity contribution < 1.29 is 0 Å². The third kappa shape index (κ3) is 1.92. The highest BCUT2D eigenvalue weighted by Crippen LogP contribution is 2.10. The van der Waals surface area contributed by atoms with Crippen LogP contribution in [0.5, 0.6) is 0 Å². The van der Waals surface area contributed by atoms with Gasteiger partial charge in [0.15, 0.2) is 0 Å². The predicted octanol–water partition coefficient (Wildman–Crippen LogP) is 2.45. The molecular formula is C13H10N4. The normalized spacial score (nSPS) is 11.3. The Balaban J connectivity index is 1.98. The van der Waals surface area contributed by atoms with E-state index in [4.69, 9.17) is 0 Å². The molecule has 0 amide bonds. The molecule has 2 heterocycles. The fourth-order valence-electron chi connectivity index (χ4n) is 1.63. The molecule has 0 fully saturated rings. The summed E-state index contributed by atoms with van der Waals surface area (Å²) in [5.74, 6) is 0. The van der Waals surface area contributed by atoms with Crippen molar-refractivity contribution in [2.45, 2.75) is 0 Å². The number of hydrogen-bond acceptors (Lipinski definition) is 3. The fraction of sp³-hybridized carbons (Fsp3) is 0. The van der Waals surface area contributed by atoms with E-state index < -0.39 is 0 Å². The standard InChI is InChI=1S/C13H10N4/c1-2-4-13-12(3-1)15-16-17(13)10-7-11-5-8-14-9-6-11/h1-10H/b10-7+. The van der Waals surface area contributed by atoms with E-state index in [-0.39, 0.29) is 0 Å². The van der Waals surface area contributed by atoms with Crippen LogP contribution in [0.4, 0.5) is 0 Å². The lowest BCUT2D eigenvalue weighted by atomic mass is 10.3. The van der Waals surface area contributed by atoms with E-state index in [0.29, 0.717) is 0 Å². The van der Waals surface area contributed by atoms with Crippen molar-refractivity contribution in [2.24, 2.45) is 0 Å².